The van der Waals surface area contributed by atoms with Crippen molar-refractivity contribution in [1.29, 1.82) is 0 Å². The topological polar surface area (TPSA) is 134 Å². The van der Waals surface area contributed by atoms with Crippen molar-refractivity contribution in [1.82, 2.24) is 15.5 Å². The normalized spacial score (nSPS) is 14.9. The highest BCUT2D eigenvalue weighted by Gasteiger charge is 2.37. The molecule has 244 valence electrons. The molecule has 0 heterocycles. The van der Waals surface area contributed by atoms with E-state index in [0.717, 1.165) is 22.3 Å². The summed E-state index contributed by atoms with van der Waals surface area (Å²) in [7, 11) is 0. The van der Waals surface area contributed by atoms with Crippen LogP contribution in [0.2, 0.25) is 0 Å². The molecule has 3 aromatic rings. The number of aliphatic hydroxyl groups is 1. The molecular formula is C36H43N3O7. The van der Waals surface area contributed by atoms with E-state index >= 15 is 0 Å². The molecule has 0 saturated heterocycles. The molecule has 2 unspecified atom stereocenters. The average molecular weight is 630 g/mol. The van der Waals surface area contributed by atoms with Crippen molar-refractivity contribution in [3.05, 3.63) is 95.6 Å². The molecular weight excluding hydrogens is 586 g/mol. The molecule has 0 fully saturated rings. The molecule has 4 atom stereocenters. The number of hydrogen-bond acceptors (Lipinski definition) is 7. The van der Waals surface area contributed by atoms with E-state index in [9.17, 15) is 24.3 Å². The quantitative estimate of drug-likeness (QED) is 0.262. The van der Waals surface area contributed by atoms with Crippen LogP contribution in [0.5, 0.6) is 0 Å². The zero-order valence-corrected chi connectivity index (χ0v) is 27.2. The smallest absolute Gasteiger partial charge is 0.407 e. The summed E-state index contributed by atoms with van der Waals surface area (Å²) in [6.45, 7) is 9.22. The Morgan fingerprint density at radius 3 is 1.89 bits per heavy atom. The lowest BCUT2D eigenvalue weighted by atomic mass is 9.98. The van der Waals surface area contributed by atoms with Crippen LogP contribution in [0.15, 0.2) is 78.9 Å². The van der Waals surface area contributed by atoms with Crippen molar-refractivity contribution < 1.29 is 33.8 Å². The number of fused-ring (bicyclic) bond motifs is 3. The van der Waals surface area contributed by atoms with Gasteiger partial charge in [-0.1, -0.05) is 78.9 Å². The number of hydrogen-bond donors (Lipinski definition) is 3. The Morgan fingerprint density at radius 1 is 0.804 bits per heavy atom. The fourth-order valence-corrected chi connectivity index (χ4v) is 5.66. The van der Waals surface area contributed by atoms with E-state index < -0.39 is 60.3 Å². The van der Waals surface area contributed by atoms with Crippen LogP contribution in [-0.2, 0) is 23.9 Å². The van der Waals surface area contributed by atoms with Gasteiger partial charge in [0.25, 0.3) is 0 Å². The summed E-state index contributed by atoms with van der Waals surface area (Å²) in [5, 5.41) is 15.7. The number of benzene rings is 3. The van der Waals surface area contributed by atoms with E-state index in [-0.39, 0.29) is 12.5 Å². The minimum atomic E-state index is -1.14. The van der Waals surface area contributed by atoms with Crippen LogP contribution in [0.4, 0.5) is 4.79 Å². The van der Waals surface area contributed by atoms with Gasteiger partial charge in [0.05, 0.1) is 12.6 Å². The van der Waals surface area contributed by atoms with Gasteiger partial charge in [-0.25, -0.2) is 9.59 Å². The van der Waals surface area contributed by atoms with E-state index in [1.165, 1.54) is 25.7 Å². The highest BCUT2D eigenvalue weighted by molar-refractivity contribution is 5.93. The fourth-order valence-electron chi connectivity index (χ4n) is 5.66. The number of nitrogens with zero attached hydrogens (tertiary/aromatic N) is 1. The van der Waals surface area contributed by atoms with E-state index in [2.05, 4.69) is 10.6 Å². The van der Waals surface area contributed by atoms with E-state index in [4.69, 9.17) is 9.47 Å². The molecule has 4 rings (SSSR count). The monoisotopic (exact) mass is 629 g/mol. The lowest BCUT2D eigenvalue weighted by molar-refractivity contribution is -0.158. The summed E-state index contributed by atoms with van der Waals surface area (Å²) in [6, 6.07) is 20.6. The molecule has 1 aliphatic rings. The van der Waals surface area contributed by atoms with Crippen molar-refractivity contribution >= 4 is 23.9 Å². The third-order valence-corrected chi connectivity index (χ3v) is 7.91. The molecule has 0 spiro atoms. The first-order valence-electron chi connectivity index (χ1n) is 15.4. The standard InChI is InChI=1S/C36H43N3O7/c1-22(38-35(44)45-21-30-28-18-12-10-16-26(28)27-17-11-13-19-29(27)30)33(42)39(31(20-40)25-14-8-7-9-15-25)24(3)32(41)37-23(2)34(43)46-36(4,5)6/h7-19,22-24,30-31,40H,20-21H2,1-6H3,(H,37,41)(H,38,44)/t22-,23-,24?,31?/m0/s1. The second kappa shape index (κ2) is 14.6. The van der Waals surface area contributed by atoms with E-state index in [1.807, 2.05) is 48.5 Å². The lowest BCUT2D eigenvalue weighted by Crippen LogP contribution is -2.57. The molecule has 10 nitrogen and oxygen atoms in total. The van der Waals surface area contributed by atoms with Gasteiger partial charge in [-0.05, 0) is 69.4 Å². The molecule has 46 heavy (non-hydrogen) atoms. The third kappa shape index (κ3) is 7.92. The van der Waals surface area contributed by atoms with Crippen LogP contribution in [0.1, 0.15) is 70.2 Å². The highest BCUT2D eigenvalue weighted by Crippen LogP contribution is 2.44. The number of ether oxygens (including phenoxy) is 2. The largest absolute Gasteiger partial charge is 0.458 e. The summed E-state index contributed by atoms with van der Waals surface area (Å²) < 4.78 is 11.0. The molecule has 0 aliphatic heterocycles. The van der Waals surface area contributed by atoms with E-state index in [1.54, 1.807) is 51.1 Å². The summed E-state index contributed by atoms with van der Waals surface area (Å²) in [6.07, 6.45) is -0.793. The molecule has 0 bridgehead atoms. The van der Waals surface area contributed by atoms with Gasteiger partial charge in [0, 0.05) is 5.92 Å². The first-order valence-corrected chi connectivity index (χ1v) is 15.4. The summed E-state index contributed by atoms with van der Waals surface area (Å²) >= 11 is 0. The zero-order valence-electron chi connectivity index (χ0n) is 27.2. The van der Waals surface area contributed by atoms with Crippen LogP contribution in [0, 0.1) is 0 Å². The van der Waals surface area contributed by atoms with Gasteiger partial charge in [0.1, 0.15) is 30.3 Å². The van der Waals surface area contributed by atoms with Gasteiger partial charge in [-0.3, -0.25) is 9.59 Å². The predicted octanol–water partition coefficient (Wildman–Crippen LogP) is 4.71. The van der Waals surface area contributed by atoms with E-state index in [0.29, 0.717) is 5.56 Å². The Kier molecular flexibility index (Phi) is 10.8. The molecule has 3 N–H and O–H groups in total. The number of carbonyl (C=O) groups is 4. The molecule has 0 radical (unpaired) electrons. The second-order valence-electron chi connectivity index (χ2n) is 12.5. The van der Waals surface area contributed by atoms with Crippen LogP contribution >= 0.6 is 0 Å². The van der Waals surface area contributed by atoms with Crippen molar-refractivity contribution in [2.45, 2.75) is 77.2 Å². The van der Waals surface area contributed by atoms with Gasteiger partial charge in [0.15, 0.2) is 0 Å². The Hall–Kier alpha value is -4.70. The van der Waals surface area contributed by atoms with Crippen LogP contribution in [0.25, 0.3) is 11.1 Å². The number of aliphatic hydroxyl groups excluding tert-OH is 1. The average Bonchev–Trinajstić information content (AvgIpc) is 3.35. The number of carbonyl (C=O) groups excluding carboxylic acids is 4. The lowest BCUT2D eigenvalue weighted by Gasteiger charge is -2.37. The van der Waals surface area contributed by atoms with Crippen molar-refractivity contribution in [3.63, 3.8) is 0 Å². The Labute approximate surface area is 270 Å². The van der Waals surface area contributed by atoms with Gasteiger partial charge in [-0.2, -0.15) is 0 Å². The Bertz CT molecular complexity index is 1510. The summed E-state index contributed by atoms with van der Waals surface area (Å²) in [5.41, 5.74) is 4.14. The third-order valence-electron chi connectivity index (χ3n) is 7.91. The van der Waals surface area contributed by atoms with Crippen LogP contribution in [-0.4, -0.2) is 70.8 Å². The number of esters is 1. The first kappa shape index (κ1) is 34.2. The fraction of sp³-hybridized carbons (Fsp3) is 0.389. The van der Waals surface area contributed by atoms with Crippen LogP contribution < -0.4 is 10.6 Å². The van der Waals surface area contributed by atoms with Gasteiger partial charge < -0.3 is 30.1 Å². The minimum Gasteiger partial charge on any atom is -0.458 e. The summed E-state index contributed by atoms with van der Waals surface area (Å²) in [4.78, 5) is 54.2. The molecule has 10 heteroatoms. The molecule has 0 saturated carbocycles. The molecule has 1 aliphatic carbocycles. The zero-order chi connectivity index (χ0) is 33.6. The number of nitrogens with one attached hydrogen (secondary N) is 2. The molecule has 0 aromatic heterocycles. The van der Waals surface area contributed by atoms with Crippen molar-refractivity contribution in [2.24, 2.45) is 0 Å². The van der Waals surface area contributed by atoms with Gasteiger partial charge in [-0.15, -0.1) is 0 Å². The maximum atomic E-state index is 14.0. The van der Waals surface area contributed by atoms with Crippen LogP contribution in [0.3, 0.4) is 0 Å². The van der Waals surface area contributed by atoms with Gasteiger partial charge in [0.2, 0.25) is 11.8 Å². The number of rotatable bonds is 11. The minimum absolute atomic E-state index is 0.0646. The van der Waals surface area contributed by atoms with Gasteiger partial charge >= 0.3 is 12.1 Å². The first-order chi connectivity index (χ1) is 21.8. The molecule has 3 aromatic carbocycles. The molecule has 3 amide bonds. The maximum absolute atomic E-state index is 14.0. The number of alkyl carbamates (subject to hydrolysis) is 1. The Balaban J connectivity index is 1.48. The predicted molar refractivity (Wildman–Crippen MR) is 174 cm³/mol. The Morgan fingerprint density at radius 2 is 1.35 bits per heavy atom. The maximum Gasteiger partial charge on any atom is 0.407 e. The second-order valence-corrected chi connectivity index (χ2v) is 12.5. The van der Waals surface area contributed by atoms with Crippen molar-refractivity contribution in [3.8, 4) is 11.1 Å². The van der Waals surface area contributed by atoms with Crippen molar-refractivity contribution in [2.75, 3.05) is 13.2 Å². The summed E-state index contributed by atoms with van der Waals surface area (Å²) in [5.74, 6) is -2.04. The highest BCUT2D eigenvalue weighted by atomic mass is 16.6. The SMILES string of the molecule is CC(C(=O)N[C@@H](C)C(=O)OC(C)(C)C)N(C(=O)[C@H](C)NC(=O)OCC1c2ccccc2-c2ccccc21)C(CO)c1ccccc1. The number of amides is 3.